The van der Waals surface area contributed by atoms with E-state index in [0.717, 1.165) is 11.3 Å². The highest BCUT2D eigenvalue weighted by Crippen LogP contribution is 2.12. The number of rotatable bonds is 7. The third-order valence-corrected chi connectivity index (χ3v) is 4.90. The average molecular weight is 403 g/mol. The fourth-order valence-corrected chi connectivity index (χ4v) is 3.43. The van der Waals surface area contributed by atoms with Gasteiger partial charge in [-0.3, -0.25) is 23.5 Å². The van der Waals surface area contributed by atoms with Crippen LogP contribution in [-0.2, 0) is 24.3 Å². The lowest BCUT2D eigenvalue weighted by molar-refractivity contribution is -0.121. The smallest absolute Gasteiger partial charge is 0.317 e. The maximum absolute atomic E-state index is 12.8. The average Bonchev–Trinajstić information content (AvgIpc) is 3.28. The van der Waals surface area contributed by atoms with Gasteiger partial charge in [0.2, 0.25) is 5.91 Å². The molecule has 0 aliphatic rings. The van der Waals surface area contributed by atoms with Crippen molar-refractivity contribution in [2.24, 2.45) is 0 Å². The van der Waals surface area contributed by atoms with Crippen LogP contribution in [0.4, 0.5) is 0 Å². The van der Waals surface area contributed by atoms with E-state index in [4.69, 9.17) is 4.42 Å². The number of para-hydroxylation sites is 2. The number of amides is 1. The molecule has 0 saturated heterocycles. The molecule has 0 spiro atoms. The number of nitrogens with one attached hydrogen (secondary N) is 1. The predicted octanol–water partition coefficient (Wildman–Crippen LogP) is 2.16. The van der Waals surface area contributed by atoms with Crippen LogP contribution in [0.2, 0.25) is 0 Å². The number of carbonyl (C=O) groups excluding carboxylic acids is 1. The maximum atomic E-state index is 12.8. The molecular formula is C23H21N3O4. The summed E-state index contributed by atoms with van der Waals surface area (Å²) in [5, 5.41) is 2.77. The molecule has 7 nitrogen and oxygen atoms in total. The van der Waals surface area contributed by atoms with Gasteiger partial charge in [0.15, 0.2) is 0 Å². The van der Waals surface area contributed by atoms with E-state index >= 15 is 0 Å². The van der Waals surface area contributed by atoms with Crippen molar-refractivity contribution in [1.29, 1.82) is 0 Å². The Bertz CT molecular complexity index is 1270. The Morgan fingerprint density at radius 3 is 2.20 bits per heavy atom. The summed E-state index contributed by atoms with van der Waals surface area (Å²) in [6.45, 7) is 0.439. The van der Waals surface area contributed by atoms with Gasteiger partial charge in [0.05, 0.1) is 23.8 Å². The SMILES string of the molecule is O=C(Cn1c(=O)c(=O)n(Cc2ccccc2)c2ccccc21)NCCc1ccco1. The van der Waals surface area contributed by atoms with E-state index in [2.05, 4.69) is 5.32 Å². The Morgan fingerprint density at radius 1 is 0.833 bits per heavy atom. The molecule has 2 aromatic carbocycles. The third-order valence-electron chi connectivity index (χ3n) is 4.90. The number of aromatic nitrogens is 2. The van der Waals surface area contributed by atoms with Crippen molar-refractivity contribution < 1.29 is 9.21 Å². The Balaban J connectivity index is 1.62. The molecule has 4 aromatic rings. The van der Waals surface area contributed by atoms with E-state index in [9.17, 15) is 14.4 Å². The zero-order valence-corrected chi connectivity index (χ0v) is 16.3. The number of hydrogen-bond donors (Lipinski definition) is 1. The fourth-order valence-electron chi connectivity index (χ4n) is 3.43. The molecule has 152 valence electrons. The lowest BCUT2D eigenvalue weighted by atomic mass is 10.2. The largest absolute Gasteiger partial charge is 0.469 e. The topological polar surface area (TPSA) is 86.2 Å². The molecule has 1 N–H and O–H groups in total. The Labute approximate surface area is 172 Å². The Kier molecular flexibility index (Phi) is 5.61. The molecule has 7 heteroatoms. The van der Waals surface area contributed by atoms with Crippen LogP contribution in [0.5, 0.6) is 0 Å². The highest BCUT2D eigenvalue weighted by Gasteiger charge is 2.15. The molecule has 0 fully saturated rings. The second-order valence-corrected chi connectivity index (χ2v) is 6.94. The molecule has 0 atom stereocenters. The number of benzene rings is 2. The molecular weight excluding hydrogens is 382 g/mol. The highest BCUT2D eigenvalue weighted by molar-refractivity contribution is 5.80. The van der Waals surface area contributed by atoms with E-state index in [-0.39, 0.29) is 19.0 Å². The van der Waals surface area contributed by atoms with Gasteiger partial charge in [0, 0.05) is 13.0 Å². The molecule has 4 rings (SSSR count). The highest BCUT2D eigenvalue weighted by atomic mass is 16.3. The van der Waals surface area contributed by atoms with Crippen molar-refractivity contribution in [2.75, 3.05) is 6.54 Å². The summed E-state index contributed by atoms with van der Waals surface area (Å²) in [4.78, 5) is 38.1. The normalized spacial score (nSPS) is 10.9. The molecule has 0 aliphatic carbocycles. The van der Waals surface area contributed by atoms with E-state index in [1.165, 1.54) is 9.13 Å². The minimum absolute atomic E-state index is 0.223. The zero-order chi connectivity index (χ0) is 20.9. The van der Waals surface area contributed by atoms with Gasteiger partial charge >= 0.3 is 11.1 Å². The van der Waals surface area contributed by atoms with Crippen molar-refractivity contribution in [1.82, 2.24) is 14.5 Å². The molecule has 0 radical (unpaired) electrons. The summed E-state index contributed by atoms with van der Waals surface area (Å²) in [6.07, 6.45) is 2.13. The Morgan fingerprint density at radius 2 is 1.50 bits per heavy atom. The lowest BCUT2D eigenvalue weighted by Gasteiger charge is -2.15. The first-order valence-corrected chi connectivity index (χ1v) is 9.69. The summed E-state index contributed by atoms with van der Waals surface area (Å²) < 4.78 is 7.93. The standard InChI is InChI=1S/C23H21N3O4/c27-21(24-13-12-18-9-6-14-30-18)16-26-20-11-5-4-10-19(20)25(22(28)23(26)29)15-17-7-2-1-3-8-17/h1-11,14H,12-13,15-16H2,(H,24,27). The minimum atomic E-state index is -0.717. The molecule has 1 amide bonds. The maximum Gasteiger partial charge on any atom is 0.317 e. The molecule has 2 heterocycles. The molecule has 30 heavy (non-hydrogen) atoms. The van der Waals surface area contributed by atoms with E-state index in [1.54, 1.807) is 30.5 Å². The molecule has 0 saturated carbocycles. The molecule has 2 aromatic heterocycles. The van der Waals surface area contributed by atoms with Gasteiger partial charge in [-0.15, -0.1) is 0 Å². The monoisotopic (exact) mass is 403 g/mol. The third kappa shape index (κ3) is 4.10. The quantitative estimate of drug-likeness (QED) is 0.479. The summed E-state index contributed by atoms with van der Waals surface area (Å²) >= 11 is 0. The van der Waals surface area contributed by atoms with Crippen LogP contribution in [0.25, 0.3) is 11.0 Å². The van der Waals surface area contributed by atoms with Gasteiger partial charge in [0.1, 0.15) is 12.3 Å². The van der Waals surface area contributed by atoms with Crippen LogP contribution in [0.1, 0.15) is 11.3 Å². The Hall–Kier alpha value is -3.87. The predicted molar refractivity (Wildman–Crippen MR) is 113 cm³/mol. The van der Waals surface area contributed by atoms with Gasteiger partial charge in [-0.05, 0) is 29.8 Å². The number of furan rings is 1. The molecule has 0 bridgehead atoms. The van der Waals surface area contributed by atoms with Crippen molar-refractivity contribution in [3.8, 4) is 0 Å². The number of nitrogens with zero attached hydrogens (tertiary/aromatic N) is 2. The van der Waals surface area contributed by atoms with Crippen molar-refractivity contribution in [3.63, 3.8) is 0 Å². The van der Waals surface area contributed by atoms with Gasteiger partial charge in [-0.1, -0.05) is 42.5 Å². The first kappa shape index (κ1) is 19.4. The summed E-state index contributed by atoms with van der Waals surface area (Å²) in [6, 6.07) is 20.2. The van der Waals surface area contributed by atoms with E-state index < -0.39 is 11.1 Å². The summed E-state index contributed by atoms with van der Waals surface area (Å²) in [7, 11) is 0. The van der Waals surface area contributed by atoms with Crippen molar-refractivity contribution in [3.05, 3.63) is 105 Å². The number of carbonyl (C=O) groups is 1. The second-order valence-electron chi connectivity index (χ2n) is 6.94. The lowest BCUT2D eigenvalue weighted by Crippen LogP contribution is -2.44. The number of fused-ring (bicyclic) bond motifs is 1. The zero-order valence-electron chi connectivity index (χ0n) is 16.3. The second kappa shape index (κ2) is 8.65. The van der Waals surface area contributed by atoms with Crippen LogP contribution in [0, 0.1) is 0 Å². The van der Waals surface area contributed by atoms with Gasteiger partial charge in [-0.2, -0.15) is 0 Å². The summed E-state index contributed by atoms with van der Waals surface area (Å²) in [5.74, 6) is 0.426. The molecule has 0 unspecified atom stereocenters. The minimum Gasteiger partial charge on any atom is -0.469 e. The van der Waals surface area contributed by atoms with Gasteiger partial charge in [0.25, 0.3) is 0 Å². The first-order valence-electron chi connectivity index (χ1n) is 9.69. The van der Waals surface area contributed by atoms with Crippen LogP contribution in [-0.4, -0.2) is 21.6 Å². The first-order chi connectivity index (χ1) is 14.6. The number of hydrogen-bond acceptors (Lipinski definition) is 4. The fraction of sp³-hybridized carbons (Fsp3) is 0.174. The summed E-state index contributed by atoms with van der Waals surface area (Å²) in [5.41, 5.74) is 0.692. The van der Waals surface area contributed by atoms with Crippen molar-refractivity contribution >= 4 is 16.9 Å². The van der Waals surface area contributed by atoms with Crippen LogP contribution in [0.15, 0.2) is 87.0 Å². The van der Waals surface area contributed by atoms with Crippen molar-refractivity contribution in [2.45, 2.75) is 19.5 Å². The van der Waals surface area contributed by atoms with Gasteiger partial charge < -0.3 is 9.73 Å². The van der Waals surface area contributed by atoms with Crippen LogP contribution in [0.3, 0.4) is 0 Å². The van der Waals surface area contributed by atoms with E-state index in [0.29, 0.717) is 24.0 Å². The van der Waals surface area contributed by atoms with Gasteiger partial charge in [-0.25, -0.2) is 0 Å². The molecule has 0 aliphatic heterocycles. The van der Waals surface area contributed by atoms with Crippen LogP contribution >= 0.6 is 0 Å². The van der Waals surface area contributed by atoms with E-state index in [1.807, 2.05) is 42.5 Å². The van der Waals surface area contributed by atoms with Crippen LogP contribution < -0.4 is 16.4 Å².